The molecule has 3 aliphatic rings. The summed E-state index contributed by atoms with van der Waals surface area (Å²) in [6.45, 7) is 7.92. The first kappa shape index (κ1) is 28.2. The minimum atomic E-state index is -1.02. The van der Waals surface area contributed by atoms with Crippen LogP contribution in [0.3, 0.4) is 0 Å². The van der Waals surface area contributed by atoms with Crippen LogP contribution in [0.4, 0.5) is 15.9 Å². The van der Waals surface area contributed by atoms with Gasteiger partial charge in [0.25, 0.3) is 5.91 Å². The Morgan fingerprint density at radius 1 is 1.19 bits per heavy atom. The maximum atomic E-state index is 13.8. The molecule has 218 valence electrons. The lowest BCUT2D eigenvalue weighted by atomic mass is 10.0. The van der Waals surface area contributed by atoms with Crippen LogP contribution in [0.25, 0.3) is 10.8 Å². The molecule has 0 bridgehead atoms. The van der Waals surface area contributed by atoms with Crippen LogP contribution in [0.1, 0.15) is 24.1 Å². The van der Waals surface area contributed by atoms with Gasteiger partial charge in [-0.15, -0.1) is 0 Å². The average molecular weight is 590 g/mol. The fourth-order valence-corrected chi connectivity index (χ4v) is 6.54. The van der Waals surface area contributed by atoms with Crippen LogP contribution in [0.15, 0.2) is 48.8 Å². The molecule has 2 atom stereocenters. The largest absolute Gasteiger partial charge is 0.463 e. The van der Waals surface area contributed by atoms with Crippen LogP contribution in [0, 0.1) is 17.2 Å². The van der Waals surface area contributed by atoms with Gasteiger partial charge in [0.15, 0.2) is 5.83 Å². The number of hydrogen-bond acceptors (Lipinski definition) is 8. The van der Waals surface area contributed by atoms with E-state index in [1.807, 2.05) is 18.2 Å². The average Bonchev–Trinajstić information content (AvgIpc) is 3.53. The number of carbonyl (C=O) groups is 1. The second-order valence-electron chi connectivity index (χ2n) is 11.1. The van der Waals surface area contributed by atoms with Gasteiger partial charge in [-0.3, -0.25) is 4.79 Å². The summed E-state index contributed by atoms with van der Waals surface area (Å²) in [6, 6.07) is 14.1. The number of rotatable bonds is 7. The molecule has 2 saturated heterocycles. The summed E-state index contributed by atoms with van der Waals surface area (Å²) in [6.07, 6.45) is 1.82. The Labute approximate surface area is 249 Å². The van der Waals surface area contributed by atoms with E-state index in [1.165, 1.54) is 4.90 Å². The zero-order valence-electron chi connectivity index (χ0n) is 23.4. The molecule has 0 radical (unpaired) electrons. The van der Waals surface area contributed by atoms with Gasteiger partial charge >= 0.3 is 6.01 Å². The predicted molar refractivity (Wildman–Crippen MR) is 160 cm³/mol. The summed E-state index contributed by atoms with van der Waals surface area (Å²) in [5.74, 6) is -0.634. The van der Waals surface area contributed by atoms with Crippen LogP contribution >= 0.6 is 11.6 Å². The quantitative estimate of drug-likeness (QED) is 0.409. The Bertz CT molecular complexity index is 1550. The molecule has 2 fully saturated rings. The highest BCUT2D eigenvalue weighted by atomic mass is 35.5. The van der Waals surface area contributed by atoms with Gasteiger partial charge in [0.2, 0.25) is 0 Å². The first-order chi connectivity index (χ1) is 20.4. The lowest BCUT2D eigenvalue weighted by molar-refractivity contribution is -0.131. The third-order valence-corrected chi connectivity index (χ3v) is 8.72. The summed E-state index contributed by atoms with van der Waals surface area (Å²) >= 11 is 6.67. The number of hydrogen-bond donors (Lipinski definition) is 1. The molecule has 1 aromatic heterocycles. The molecule has 4 heterocycles. The number of benzene rings is 2. The SMILES string of the molecule is C=C(F)C(=O)N1CCN(c2nc(OC[C@@H]3CCNC3)nc3c2CCN(c2cccc4cccc(Cl)c24)C3)C[C@@H]1CC#N. The zero-order chi connectivity index (χ0) is 29.2. The van der Waals surface area contributed by atoms with Crippen LogP contribution in [0.2, 0.25) is 5.02 Å². The molecule has 0 spiro atoms. The number of anilines is 2. The number of ether oxygens (including phenoxy) is 1. The molecular weight excluding hydrogens is 557 g/mol. The first-order valence-corrected chi connectivity index (χ1v) is 14.7. The Hall–Kier alpha value is -3.94. The summed E-state index contributed by atoms with van der Waals surface area (Å²) in [4.78, 5) is 28.0. The third kappa shape index (κ3) is 5.59. The van der Waals surface area contributed by atoms with Gasteiger partial charge in [0.05, 0.1) is 42.4 Å². The highest BCUT2D eigenvalue weighted by Crippen LogP contribution is 2.37. The molecule has 1 amide bonds. The van der Waals surface area contributed by atoms with Gasteiger partial charge in [0, 0.05) is 55.3 Å². The normalized spacial score (nSPS) is 20.4. The van der Waals surface area contributed by atoms with Gasteiger partial charge in [-0.1, -0.05) is 42.4 Å². The summed E-state index contributed by atoms with van der Waals surface area (Å²) in [7, 11) is 0. The van der Waals surface area contributed by atoms with E-state index in [1.54, 1.807) is 0 Å². The highest BCUT2D eigenvalue weighted by molar-refractivity contribution is 6.36. The number of fused-ring (bicyclic) bond motifs is 2. The predicted octanol–water partition coefficient (Wildman–Crippen LogP) is 4.25. The Morgan fingerprint density at radius 3 is 2.79 bits per heavy atom. The molecule has 2 aromatic carbocycles. The second kappa shape index (κ2) is 12.1. The van der Waals surface area contributed by atoms with Crippen LogP contribution in [-0.2, 0) is 17.8 Å². The van der Waals surface area contributed by atoms with E-state index in [0.29, 0.717) is 49.6 Å². The van der Waals surface area contributed by atoms with Crippen LogP contribution in [-0.4, -0.2) is 72.7 Å². The Balaban J connectivity index is 1.33. The lowest BCUT2D eigenvalue weighted by Crippen LogP contribution is -2.55. The van der Waals surface area contributed by atoms with Crippen molar-refractivity contribution in [2.24, 2.45) is 5.92 Å². The summed E-state index contributed by atoms with van der Waals surface area (Å²) in [5.41, 5.74) is 2.95. The number of piperazine rings is 1. The smallest absolute Gasteiger partial charge is 0.318 e. The monoisotopic (exact) mass is 589 g/mol. The molecule has 42 heavy (non-hydrogen) atoms. The van der Waals surface area contributed by atoms with Gasteiger partial charge in [0.1, 0.15) is 5.82 Å². The molecule has 11 heteroatoms. The molecule has 9 nitrogen and oxygen atoms in total. The lowest BCUT2D eigenvalue weighted by Gasteiger charge is -2.42. The summed E-state index contributed by atoms with van der Waals surface area (Å²) in [5, 5.41) is 15.6. The Kier molecular flexibility index (Phi) is 8.13. The minimum Gasteiger partial charge on any atom is -0.463 e. The van der Waals surface area contributed by atoms with E-state index < -0.39 is 17.8 Å². The number of carbonyl (C=O) groups excluding carboxylic acids is 1. The Morgan fingerprint density at radius 2 is 2.02 bits per heavy atom. The van der Waals surface area contributed by atoms with Crippen molar-refractivity contribution in [1.82, 2.24) is 20.2 Å². The molecular formula is C31H33ClFN7O2. The molecule has 3 aliphatic heterocycles. The van der Waals surface area contributed by atoms with Crippen LogP contribution < -0.4 is 19.9 Å². The maximum absolute atomic E-state index is 13.8. The standard InChI is InChI=1S/C31H33ClFN7O2/c1-20(33)30(41)40-15-14-39(17-23(40)8-11-34)29-24-10-13-38(27-7-3-5-22-4-2-6-25(32)28(22)27)18-26(24)36-31(37-29)42-19-21-9-12-35-16-21/h2-7,21,23,35H,1,8-10,12-19H2/t21-,23+/m1/s1. The van der Waals surface area contributed by atoms with Crippen molar-refractivity contribution in [2.45, 2.75) is 31.8 Å². The second-order valence-corrected chi connectivity index (χ2v) is 11.5. The van der Waals surface area contributed by atoms with Crippen molar-refractivity contribution in [3.63, 3.8) is 0 Å². The van der Waals surface area contributed by atoms with E-state index in [-0.39, 0.29) is 13.0 Å². The molecule has 1 N–H and O–H groups in total. The minimum absolute atomic E-state index is 0.0798. The number of halogens is 2. The molecule has 0 aliphatic carbocycles. The zero-order valence-corrected chi connectivity index (χ0v) is 24.1. The number of nitriles is 1. The van der Waals surface area contributed by atoms with Crippen molar-refractivity contribution < 1.29 is 13.9 Å². The van der Waals surface area contributed by atoms with E-state index >= 15 is 0 Å². The van der Waals surface area contributed by atoms with Crippen LogP contribution in [0.5, 0.6) is 6.01 Å². The number of amides is 1. The van der Waals surface area contributed by atoms with Crippen molar-refractivity contribution in [1.29, 1.82) is 5.26 Å². The van der Waals surface area contributed by atoms with E-state index in [4.69, 9.17) is 26.3 Å². The van der Waals surface area contributed by atoms with Gasteiger partial charge in [-0.2, -0.15) is 15.2 Å². The number of aromatic nitrogens is 2. The summed E-state index contributed by atoms with van der Waals surface area (Å²) < 4.78 is 19.9. The van der Waals surface area contributed by atoms with Crippen molar-refractivity contribution >= 4 is 39.8 Å². The first-order valence-electron chi connectivity index (χ1n) is 14.4. The fraction of sp³-hybridized carbons (Fsp3) is 0.419. The number of nitrogens with zero attached hydrogens (tertiary/aromatic N) is 6. The highest BCUT2D eigenvalue weighted by Gasteiger charge is 2.35. The van der Waals surface area contributed by atoms with Crippen molar-refractivity contribution in [3.8, 4) is 12.1 Å². The van der Waals surface area contributed by atoms with Gasteiger partial charge < -0.3 is 24.8 Å². The van der Waals surface area contributed by atoms with Gasteiger partial charge in [-0.25, -0.2) is 4.39 Å². The molecule has 3 aromatic rings. The number of nitrogens with one attached hydrogen (secondary N) is 1. The van der Waals surface area contributed by atoms with E-state index in [0.717, 1.165) is 59.6 Å². The fourth-order valence-electron chi connectivity index (χ4n) is 6.26. The topological polar surface area (TPSA) is 97.6 Å². The molecule has 0 unspecified atom stereocenters. The molecule has 0 saturated carbocycles. The van der Waals surface area contributed by atoms with Gasteiger partial charge in [-0.05, 0) is 36.9 Å². The van der Waals surface area contributed by atoms with Crippen molar-refractivity contribution in [2.75, 3.05) is 55.7 Å². The maximum Gasteiger partial charge on any atom is 0.318 e. The molecule has 6 rings (SSSR count). The van der Waals surface area contributed by atoms with Crippen molar-refractivity contribution in [3.05, 3.63) is 65.1 Å². The third-order valence-electron chi connectivity index (χ3n) is 8.41. The van der Waals surface area contributed by atoms with E-state index in [9.17, 15) is 14.4 Å². The van der Waals surface area contributed by atoms with E-state index in [2.05, 4.69) is 46.0 Å².